The maximum atomic E-state index is 12.3. The fraction of sp³-hybridized carbons (Fsp3) is 0.300. The number of hydrogen-bond acceptors (Lipinski definition) is 3. The van der Waals surface area contributed by atoms with Crippen LogP contribution in [0.15, 0.2) is 18.2 Å². The summed E-state index contributed by atoms with van der Waals surface area (Å²) in [5, 5.41) is 18.0. The summed E-state index contributed by atoms with van der Waals surface area (Å²) in [6.45, 7) is -0.657. The van der Waals surface area contributed by atoms with Gasteiger partial charge in [-0.2, -0.15) is 0 Å². The van der Waals surface area contributed by atoms with E-state index in [1.807, 2.05) is 0 Å². The third-order valence-electron chi connectivity index (χ3n) is 2.06. The molecule has 0 aliphatic heterocycles. The lowest BCUT2D eigenvalue weighted by molar-refractivity contribution is -0.138. The van der Waals surface area contributed by atoms with Crippen LogP contribution in [-0.4, -0.2) is 22.2 Å². The average Bonchev–Trinajstić information content (AvgIpc) is 2.21. The zero-order valence-electron chi connectivity index (χ0n) is 7.98. The zero-order valence-corrected chi connectivity index (χ0v) is 7.98. The predicted molar refractivity (Wildman–Crippen MR) is 52.2 cm³/mol. The molecule has 1 unspecified atom stereocenters. The van der Waals surface area contributed by atoms with Gasteiger partial charge in [0.05, 0.1) is 0 Å². The molecule has 0 aliphatic rings. The number of alkyl halides is 1. The number of carboxylic acids is 1. The molecule has 1 rings (SSSR count). The number of benzene rings is 1. The Balaban J connectivity index is 2.88. The van der Waals surface area contributed by atoms with Crippen molar-refractivity contribution in [3.05, 3.63) is 29.3 Å². The van der Waals surface area contributed by atoms with Crippen LogP contribution >= 0.6 is 0 Å². The number of aromatic hydroxyl groups is 1. The minimum atomic E-state index is -1.15. The van der Waals surface area contributed by atoms with Crippen molar-refractivity contribution in [2.24, 2.45) is 5.73 Å². The van der Waals surface area contributed by atoms with Crippen LogP contribution in [0.1, 0.15) is 11.1 Å². The third kappa shape index (κ3) is 2.92. The standard InChI is InChI=1S/C10H12FNO3/c11-5-6-1-2-9(13)7(3-6)4-8(12)10(14)15/h1-3,8,13H,4-5,12H2,(H,14,15). The Labute approximate surface area is 86.1 Å². The Morgan fingerprint density at radius 1 is 1.53 bits per heavy atom. The lowest BCUT2D eigenvalue weighted by Crippen LogP contribution is -2.32. The maximum absolute atomic E-state index is 12.3. The predicted octanol–water partition coefficient (Wildman–Crippen LogP) is 0.816. The van der Waals surface area contributed by atoms with Crippen LogP contribution in [0.4, 0.5) is 4.39 Å². The average molecular weight is 213 g/mol. The van der Waals surface area contributed by atoms with E-state index in [4.69, 9.17) is 10.8 Å². The first-order chi connectivity index (χ1) is 7.04. The van der Waals surface area contributed by atoms with E-state index in [0.29, 0.717) is 11.1 Å². The van der Waals surface area contributed by atoms with Gasteiger partial charge in [0.25, 0.3) is 0 Å². The summed E-state index contributed by atoms with van der Waals surface area (Å²) in [5.41, 5.74) is 6.04. The van der Waals surface area contributed by atoms with Crippen molar-refractivity contribution < 1.29 is 19.4 Å². The van der Waals surface area contributed by atoms with Crippen LogP contribution in [0.25, 0.3) is 0 Å². The number of aliphatic carboxylic acids is 1. The highest BCUT2D eigenvalue weighted by Gasteiger charge is 2.14. The van der Waals surface area contributed by atoms with Crippen molar-refractivity contribution in [3.8, 4) is 5.75 Å². The monoisotopic (exact) mass is 213 g/mol. The molecule has 0 aromatic heterocycles. The van der Waals surface area contributed by atoms with E-state index in [1.54, 1.807) is 0 Å². The first kappa shape index (κ1) is 11.5. The molecule has 5 heteroatoms. The highest BCUT2D eigenvalue weighted by atomic mass is 19.1. The molecule has 0 spiro atoms. The fourth-order valence-electron chi connectivity index (χ4n) is 1.21. The molecule has 0 bridgehead atoms. The molecule has 0 radical (unpaired) electrons. The minimum Gasteiger partial charge on any atom is -0.508 e. The van der Waals surface area contributed by atoms with Gasteiger partial charge in [0.1, 0.15) is 18.5 Å². The normalized spacial score (nSPS) is 12.4. The van der Waals surface area contributed by atoms with Crippen molar-refractivity contribution in [1.29, 1.82) is 0 Å². The molecule has 1 atom stereocenters. The van der Waals surface area contributed by atoms with Gasteiger partial charge in [-0.1, -0.05) is 6.07 Å². The molecule has 0 saturated heterocycles. The highest BCUT2D eigenvalue weighted by molar-refractivity contribution is 5.73. The van der Waals surface area contributed by atoms with E-state index in [0.717, 1.165) is 0 Å². The van der Waals surface area contributed by atoms with Gasteiger partial charge >= 0.3 is 5.97 Å². The van der Waals surface area contributed by atoms with Crippen molar-refractivity contribution in [1.82, 2.24) is 0 Å². The van der Waals surface area contributed by atoms with Crippen LogP contribution in [-0.2, 0) is 17.9 Å². The molecule has 0 heterocycles. The van der Waals surface area contributed by atoms with E-state index >= 15 is 0 Å². The number of carboxylic acid groups (broad SMARTS) is 1. The van der Waals surface area contributed by atoms with Gasteiger partial charge in [-0.3, -0.25) is 4.79 Å². The maximum Gasteiger partial charge on any atom is 0.320 e. The summed E-state index contributed by atoms with van der Waals surface area (Å²) in [7, 11) is 0. The van der Waals surface area contributed by atoms with Crippen LogP contribution in [0.5, 0.6) is 5.75 Å². The molecule has 15 heavy (non-hydrogen) atoms. The van der Waals surface area contributed by atoms with Gasteiger partial charge in [-0.15, -0.1) is 0 Å². The molecule has 0 fully saturated rings. The van der Waals surface area contributed by atoms with Crippen molar-refractivity contribution in [2.45, 2.75) is 19.1 Å². The van der Waals surface area contributed by atoms with Crippen molar-refractivity contribution in [3.63, 3.8) is 0 Å². The lowest BCUT2D eigenvalue weighted by atomic mass is 10.0. The van der Waals surface area contributed by atoms with Crippen molar-refractivity contribution in [2.75, 3.05) is 0 Å². The van der Waals surface area contributed by atoms with Gasteiger partial charge in [0.15, 0.2) is 0 Å². The van der Waals surface area contributed by atoms with Gasteiger partial charge in [0.2, 0.25) is 0 Å². The van der Waals surface area contributed by atoms with Crippen LogP contribution < -0.4 is 5.73 Å². The summed E-state index contributed by atoms with van der Waals surface area (Å²) in [4.78, 5) is 10.5. The largest absolute Gasteiger partial charge is 0.508 e. The summed E-state index contributed by atoms with van der Waals surface area (Å²) >= 11 is 0. The number of phenols is 1. The molecular formula is C10H12FNO3. The Bertz CT molecular complexity index is 368. The molecule has 82 valence electrons. The molecular weight excluding hydrogens is 201 g/mol. The molecule has 4 N–H and O–H groups in total. The van der Waals surface area contributed by atoms with Gasteiger partial charge < -0.3 is 15.9 Å². The molecule has 1 aromatic rings. The number of halogens is 1. The van der Waals surface area contributed by atoms with E-state index in [1.165, 1.54) is 18.2 Å². The lowest BCUT2D eigenvalue weighted by Gasteiger charge is -2.09. The molecule has 0 saturated carbocycles. The minimum absolute atomic E-state index is 0.0188. The van der Waals surface area contributed by atoms with E-state index in [9.17, 15) is 14.3 Å². The zero-order chi connectivity index (χ0) is 11.4. The topological polar surface area (TPSA) is 83.5 Å². The van der Waals surface area contributed by atoms with Gasteiger partial charge in [0, 0.05) is 6.42 Å². The summed E-state index contributed by atoms with van der Waals surface area (Å²) in [5.74, 6) is -1.22. The first-order valence-electron chi connectivity index (χ1n) is 4.39. The number of carbonyl (C=O) groups is 1. The van der Waals surface area contributed by atoms with Crippen LogP contribution in [0, 0.1) is 0 Å². The Morgan fingerprint density at radius 2 is 2.20 bits per heavy atom. The Morgan fingerprint density at radius 3 is 2.73 bits per heavy atom. The number of rotatable bonds is 4. The second-order valence-corrected chi connectivity index (χ2v) is 3.25. The summed E-state index contributed by atoms with van der Waals surface area (Å²) in [6, 6.07) is 3.09. The van der Waals surface area contributed by atoms with Crippen LogP contribution in [0.3, 0.4) is 0 Å². The highest BCUT2D eigenvalue weighted by Crippen LogP contribution is 2.20. The smallest absolute Gasteiger partial charge is 0.320 e. The van der Waals surface area contributed by atoms with Crippen LogP contribution in [0.2, 0.25) is 0 Å². The Hall–Kier alpha value is -1.62. The number of hydrogen-bond donors (Lipinski definition) is 3. The quantitative estimate of drug-likeness (QED) is 0.691. The molecule has 1 aromatic carbocycles. The fourth-order valence-corrected chi connectivity index (χ4v) is 1.21. The number of nitrogens with two attached hydrogens (primary N) is 1. The first-order valence-corrected chi connectivity index (χ1v) is 4.39. The molecule has 4 nitrogen and oxygen atoms in total. The van der Waals surface area contributed by atoms with Gasteiger partial charge in [-0.25, -0.2) is 4.39 Å². The summed E-state index contributed by atoms with van der Waals surface area (Å²) in [6.07, 6.45) is -0.0188. The van der Waals surface area contributed by atoms with Crippen molar-refractivity contribution >= 4 is 5.97 Å². The second kappa shape index (κ2) is 4.75. The Kier molecular flexibility index (Phi) is 3.62. The summed E-state index contributed by atoms with van der Waals surface area (Å²) < 4.78 is 12.3. The van der Waals surface area contributed by atoms with E-state index in [-0.39, 0.29) is 12.2 Å². The molecule has 0 amide bonds. The SMILES string of the molecule is NC(Cc1cc(CF)ccc1O)C(=O)O. The second-order valence-electron chi connectivity index (χ2n) is 3.25. The number of phenolic OH excluding ortho intramolecular Hbond substituents is 1. The van der Waals surface area contributed by atoms with E-state index < -0.39 is 18.7 Å². The molecule has 0 aliphatic carbocycles. The third-order valence-corrected chi connectivity index (χ3v) is 2.06. The van der Waals surface area contributed by atoms with Gasteiger partial charge in [-0.05, 0) is 23.3 Å². The van der Waals surface area contributed by atoms with E-state index in [2.05, 4.69) is 0 Å².